The smallest absolute Gasteiger partial charge is 0.306 e. The van der Waals surface area contributed by atoms with Gasteiger partial charge in [0.15, 0.2) is 6.10 Å². The largest absolute Gasteiger partial charge is 0.462 e. The molecule has 0 aromatic carbocycles. The molecule has 1 unspecified atom stereocenters. The van der Waals surface area contributed by atoms with Crippen LogP contribution in [0.25, 0.3) is 0 Å². The fourth-order valence-electron chi connectivity index (χ4n) is 7.21. The lowest BCUT2D eigenvalue weighted by atomic mass is 10.0. The normalized spacial score (nSPS) is 11.8. The maximum absolute atomic E-state index is 12.7. The molecular weight excluding hydrogens is 673 g/mol. The Morgan fingerprint density at radius 3 is 0.741 bits per heavy atom. The van der Waals surface area contributed by atoms with Gasteiger partial charge in [-0.2, -0.15) is 0 Å². The minimum absolute atomic E-state index is 0.0624. The summed E-state index contributed by atoms with van der Waals surface area (Å²) in [6, 6.07) is 0. The van der Waals surface area contributed by atoms with Gasteiger partial charge >= 0.3 is 17.9 Å². The lowest BCUT2D eigenvalue weighted by Gasteiger charge is -2.18. The highest BCUT2D eigenvalue weighted by atomic mass is 16.6. The Hall–Kier alpha value is -1.59. The first-order valence-electron chi connectivity index (χ1n) is 24.0. The molecule has 54 heavy (non-hydrogen) atoms. The molecule has 6 heteroatoms. The fourth-order valence-corrected chi connectivity index (χ4v) is 7.21. The summed E-state index contributed by atoms with van der Waals surface area (Å²) in [6.07, 6.45) is 45.1. The van der Waals surface area contributed by atoms with Gasteiger partial charge in [0.05, 0.1) is 0 Å². The molecule has 1 atom stereocenters. The van der Waals surface area contributed by atoms with E-state index in [2.05, 4.69) is 20.8 Å². The van der Waals surface area contributed by atoms with Crippen molar-refractivity contribution >= 4 is 17.9 Å². The summed E-state index contributed by atoms with van der Waals surface area (Å²) in [5.41, 5.74) is 0. The Morgan fingerprint density at radius 1 is 0.296 bits per heavy atom. The van der Waals surface area contributed by atoms with Crippen molar-refractivity contribution in [1.29, 1.82) is 0 Å². The third-order valence-electron chi connectivity index (χ3n) is 10.9. The predicted molar refractivity (Wildman–Crippen MR) is 229 cm³/mol. The summed E-state index contributed by atoms with van der Waals surface area (Å²) in [4.78, 5) is 37.7. The Morgan fingerprint density at radius 2 is 0.500 bits per heavy atom. The van der Waals surface area contributed by atoms with Crippen molar-refractivity contribution in [3.05, 3.63) is 0 Å². The van der Waals surface area contributed by atoms with Crippen LogP contribution in [-0.4, -0.2) is 37.2 Å². The molecule has 0 heterocycles. The van der Waals surface area contributed by atoms with Gasteiger partial charge in [-0.1, -0.05) is 233 Å². The summed E-state index contributed by atoms with van der Waals surface area (Å²) < 4.78 is 16.7. The first kappa shape index (κ1) is 52.4. The summed E-state index contributed by atoms with van der Waals surface area (Å²) in [6.45, 7) is 6.64. The molecule has 320 valence electrons. The second kappa shape index (κ2) is 44.1. The maximum atomic E-state index is 12.7. The zero-order chi connectivity index (χ0) is 39.4. The topological polar surface area (TPSA) is 78.9 Å². The van der Waals surface area contributed by atoms with Crippen LogP contribution < -0.4 is 0 Å². The summed E-state index contributed by atoms with van der Waals surface area (Å²) in [5, 5.41) is 0. The summed E-state index contributed by atoms with van der Waals surface area (Å²) in [5.74, 6) is -0.849. The number of unbranched alkanes of at least 4 members (excludes halogenated alkanes) is 33. The molecule has 0 rings (SSSR count). The number of carbonyl (C=O) groups excluding carboxylic acids is 3. The van der Waals surface area contributed by atoms with E-state index in [-0.39, 0.29) is 31.1 Å². The van der Waals surface area contributed by atoms with Gasteiger partial charge in [-0.3, -0.25) is 14.4 Å². The highest BCUT2D eigenvalue weighted by Crippen LogP contribution is 2.16. The van der Waals surface area contributed by atoms with E-state index in [1.807, 2.05) is 0 Å². The highest BCUT2D eigenvalue weighted by Gasteiger charge is 2.19. The Labute approximate surface area is 336 Å². The van der Waals surface area contributed by atoms with E-state index in [0.717, 1.165) is 57.8 Å². The molecule has 0 N–H and O–H groups in total. The van der Waals surface area contributed by atoms with Crippen molar-refractivity contribution in [3.8, 4) is 0 Å². The van der Waals surface area contributed by atoms with Gasteiger partial charge < -0.3 is 14.2 Å². The van der Waals surface area contributed by atoms with Crippen LogP contribution >= 0.6 is 0 Å². The molecular formula is C48H92O6. The molecule has 0 amide bonds. The van der Waals surface area contributed by atoms with Crippen LogP contribution in [0, 0.1) is 0 Å². The van der Waals surface area contributed by atoms with E-state index in [0.29, 0.717) is 19.3 Å². The van der Waals surface area contributed by atoms with Crippen molar-refractivity contribution in [1.82, 2.24) is 0 Å². The molecule has 0 aliphatic heterocycles. The van der Waals surface area contributed by atoms with Gasteiger partial charge in [0, 0.05) is 19.3 Å². The molecule has 0 bridgehead atoms. The van der Waals surface area contributed by atoms with E-state index >= 15 is 0 Å². The van der Waals surface area contributed by atoms with Gasteiger partial charge in [-0.15, -0.1) is 0 Å². The zero-order valence-electron chi connectivity index (χ0n) is 36.5. The van der Waals surface area contributed by atoms with Crippen LogP contribution in [-0.2, 0) is 28.6 Å². The molecule has 6 nitrogen and oxygen atoms in total. The van der Waals surface area contributed by atoms with Crippen LogP contribution in [0.15, 0.2) is 0 Å². The van der Waals surface area contributed by atoms with Crippen LogP contribution in [0.4, 0.5) is 0 Å². The van der Waals surface area contributed by atoms with Gasteiger partial charge in [-0.05, 0) is 19.3 Å². The molecule has 0 saturated carbocycles. The van der Waals surface area contributed by atoms with Crippen molar-refractivity contribution in [2.24, 2.45) is 0 Å². The number of hydrogen-bond donors (Lipinski definition) is 0. The van der Waals surface area contributed by atoms with Crippen molar-refractivity contribution in [2.75, 3.05) is 13.2 Å². The quantitative estimate of drug-likeness (QED) is 0.0349. The lowest BCUT2D eigenvalue weighted by molar-refractivity contribution is -0.167. The van der Waals surface area contributed by atoms with Crippen LogP contribution in [0.1, 0.15) is 271 Å². The van der Waals surface area contributed by atoms with E-state index in [9.17, 15) is 14.4 Å². The molecule has 0 aromatic heterocycles. The summed E-state index contributed by atoms with van der Waals surface area (Å²) in [7, 11) is 0. The number of esters is 3. The first-order chi connectivity index (χ1) is 26.5. The van der Waals surface area contributed by atoms with Gasteiger partial charge in [0.2, 0.25) is 0 Å². The van der Waals surface area contributed by atoms with Crippen LogP contribution in [0.2, 0.25) is 0 Å². The monoisotopic (exact) mass is 765 g/mol. The second-order valence-corrected chi connectivity index (χ2v) is 16.4. The van der Waals surface area contributed by atoms with Crippen LogP contribution in [0.5, 0.6) is 0 Å². The molecule has 0 saturated heterocycles. The molecule has 0 aliphatic carbocycles. The lowest BCUT2D eigenvalue weighted by Crippen LogP contribution is -2.30. The first-order valence-corrected chi connectivity index (χ1v) is 24.0. The molecule has 0 aliphatic rings. The van der Waals surface area contributed by atoms with E-state index in [4.69, 9.17) is 14.2 Å². The van der Waals surface area contributed by atoms with Crippen molar-refractivity contribution in [2.45, 2.75) is 277 Å². The fraction of sp³-hybridized carbons (Fsp3) is 0.938. The third-order valence-corrected chi connectivity index (χ3v) is 10.9. The number of hydrogen-bond acceptors (Lipinski definition) is 6. The maximum Gasteiger partial charge on any atom is 0.306 e. The predicted octanol–water partition coefficient (Wildman–Crippen LogP) is 15.3. The Kier molecular flexibility index (Phi) is 42.8. The number of rotatable bonds is 44. The summed E-state index contributed by atoms with van der Waals surface area (Å²) >= 11 is 0. The molecule has 0 radical (unpaired) electrons. The number of ether oxygens (including phenoxy) is 3. The van der Waals surface area contributed by atoms with Gasteiger partial charge in [-0.25, -0.2) is 0 Å². The van der Waals surface area contributed by atoms with E-state index in [1.54, 1.807) is 0 Å². The van der Waals surface area contributed by atoms with Crippen LogP contribution in [0.3, 0.4) is 0 Å². The SMILES string of the molecule is CCCCCCCCCCCCCCCCC(=O)OCC(COC(=O)CCCCCCCCCCC)OC(=O)CCCCCCCCCCCCCCC. The average molecular weight is 765 g/mol. The second-order valence-electron chi connectivity index (χ2n) is 16.4. The van der Waals surface area contributed by atoms with Crippen molar-refractivity contribution in [3.63, 3.8) is 0 Å². The molecule has 0 spiro atoms. The average Bonchev–Trinajstić information content (AvgIpc) is 3.17. The Bertz CT molecular complexity index is 798. The standard InChI is InChI=1S/C48H92O6/c1-4-7-10-13-16-19-21-23-25-26-29-32-35-38-41-47(50)53-44-45(43-52-46(49)40-37-34-31-28-18-15-12-9-6-3)54-48(51)42-39-36-33-30-27-24-22-20-17-14-11-8-5-2/h45H,4-44H2,1-3H3. The molecule has 0 fully saturated rings. The van der Waals surface area contributed by atoms with Crippen molar-refractivity contribution < 1.29 is 28.6 Å². The van der Waals surface area contributed by atoms with Gasteiger partial charge in [0.1, 0.15) is 13.2 Å². The third kappa shape index (κ3) is 41.6. The minimum atomic E-state index is -0.758. The zero-order valence-corrected chi connectivity index (χ0v) is 36.5. The molecule has 0 aromatic rings. The van der Waals surface area contributed by atoms with Gasteiger partial charge in [0.25, 0.3) is 0 Å². The van der Waals surface area contributed by atoms with E-state index in [1.165, 1.54) is 173 Å². The highest BCUT2D eigenvalue weighted by molar-refractivity contribution is 5.71. The minimum Gasteiger partial charge on any atom is -0.462 e. The Balaban J connectivity index is 4.29. The number of carbonyl (C=O) groups is 3. The van der Waals surface area contributed by atoms with E-state index < -0.39 is 6.10 Å².